The van der Waals surface area contributed by atoms with E-state index in [-0.39, 0.29) is 24.8 Å². The van der Waals surface area contributed by atoms with Crippen molar-refractivity contribution in [2.75, 3.05) is 31.8 Å². The molecule has 1 heterocycles. The van der Waals surface area contributed by atoms with Gasteiger partial charge < -0.3 is 19.1 Å². The third-order valence-corrected chi connectivity index (χ3v) is 7.65. The molecule has 0 radical (unpaired) electrons. The molecule has 3 rings (SSSR count). The molecule has 1 unspecified atom stereocenters. The van der Waals surface area contributed by atoms with Crippen molar-refractivity contribution in [3.8, 4) is 11.5 Å². The van der Waals surface area contributed by atoms with Gasteiger partial charge in [-0.15, -0.1) is 11.3 Å². The first-order valence-electron chi connectivity index (χ1n) is 11.8. The lowest BCUT2D eigenvalue weighted by Gasteiger charge is -2.16. The summed E-state index contributed by atoms with van der Waals surface area (Å²) < 4.78 is 29.6. The Morgan fingerprint density at radius 3 is 2.67 bits per heavy atom. The largest absolute Gasteiger partial charge is 0.493 e. The Morgan fingerprint density at radius 1 is 1.19 bits per heavy atom. The molecule has 194 valence electrons. The molecule has 1 aromatic heterocycles. The van der Waals surface area contributed by atoms with Crippen molar-refractivity contribution in [3.63, 3.8) is 0 Å². The van der Waals surface area contributed by atoms with Crippen molar-refractivity contribution >= 4 is 29.7 Å². The second-order valence-corrected chi connectivity index (χ2v) is 11.9. The van der Waals surface area contributed by atoms with Gasteiger partial charge in [0.25, 0.3) is 5.91 Å². The molecule has 2 atom stereocenters. The van der Waals surface area contributed by atoms with Crippen LogP contribution in [0.4, 0.5) is 5.13 Å². The maximum Gasteiger partial charge on any atom is 0.257 e. The Bertz CT molecular complexity index is 1170. The van der Waals surface area contributed by atoms with Gasteiger partial charge in [0.05, 0.1) is 31.2 Å². The average molecular weight is 533 g/mol. The van der Waals surface area contributed by atoms with Gasteiger partial charge in [0.1, 0.15) is 11.5 Å². The number of carbonyl (C=O) groups excluding carboxylic acids is 1. The highest BCUT2D eigenvalue weighted by Gasteiger charge is 2.19. The molecule has 0 spiro atoms. The van der Waals surface area contributed by atoms with Crippen LogP contribution in [0.5, 0.6) is 11.5 Å². The quantitative estimate of drug-likeness (QED) is 0.260. The number of benzene rings is 2. The highest BCUT2D eigenvalue weighted by atomic mass is 32.1. The van der Waals surface area contributed by atoms with Gasteiger partial charge in [0.2, 0.25) is 7.37 Å². The lowest BCUT2D eigenvalue weighted by Crippen LogP contribution is -2.16. The molecular formula is C26H33N2O6PS. The molecule has 0 aliphatic carbocycles. The number of thiazole rings is 1. The van der Waals surface area contributed by atoms with Crippen LogP contribution >= 0.6 is 18.7 Å². The fourth-order valence-corrected chi connectivity index (χ4v) is 5.69. The summed E-state index contributed by atoms with van der Waals surface area (Å²) in [6.45, 7) is 6.04. The predicted molar refractivity (Wildman–Crippen MR) is 143 cm³/mol. The van der Waals surface area contributed by atoms with E-state index in [9.17, 15) is 14.5 Å². The van der Waals surface area contributed by atoms with E-state index in [2.05, 4.69) is 10.3 Å². The molecule has 0 aliphatic rings. The van der Waals surface area contributed by atoms with Crippen LogP contribution in [-0.2, 0) is 21.7 Å². The van der Waals surface area contributed by atoms with Crippen LogP contribution in [0.2, 0.25) is 0 Å². The van der Waals surface area contributed by atoms with E-state index in [1.165, 1.54) is 11.3 Å². The average Bonchev–Trinajstić information content (AvgIpc) is 3.25. The van der Waals surface area contributed by atoms with Gasteiger partial charge in [0.15, 0.2) is 5.13 Å². The van der Waals surface area contributed by atoms with Gasteiger partial charge in [-0.05, 0) is 31.5 Å². The molecule has 2 aromatic carbocycles. The standard InChI is InChI=1S/C26H33N2O6PS/c1-4-33-35(3,31)17-22-18-36-26(27-22)28-25(30)21-14-23(16-24(15-21)34-19(2)10-12-29)32-13-11-20-8-6-5-7-9-20/h5-9,14-16,18-19,29H,4,10-13,17H2,1-3H3,(H,27,28,30)/t19-,35?/m0/s1. The van der Waals surface area contributed by atoms with Crippen molar-refractivity contribution in [1.29, 1.82) is 0 Å². The van der Waals surface area contributed by atoms with Crippen LogP contribution in [-0.4, -0.2) is 48.6 Å². The van der Waals surface area contributed by atoms with E-state index in [4.69, 9.17) is 14.0 Å². The molecule has 0 saturated heterocycles. The zero-order chi connectivity index (χ0) is 26.0. The Balaban J connectivity index is 1.72. The molecule has 0 bridgehead atoms. The van der Waals surface area contributed by atoms with E-state index in [1.807, 2.05) is 37.3 Å². The van der Waals surface area contributed by atoms with Crippen LogP contribution in [0.25, 0.3) is 0 Å². The molecule has 2 N–H and O–H groups in total. The monoisotopic (exact) mass is 532 g/mol. The van der Waals surface area contributed by atoms with Crippen molar-refractivity contribution in [1.82, 2.24) is 4.98 Å². The lowest BCUT2D eigenvalue weighted by molar-refractivity contribution is 0.102. The number of hydrogen-bond donors (Lipinski definition) is 2. The van der Waals surface area contributed by atoms with Crippen molar-refractivity contribution in [2.45, 2.75) is 39.0 Å². The van der Waals surface area contributed by atoms with Crippen LogP contribution in [0.1, 0.15) is 41.9 Å². The Labute approximate surface area is 216 Å². The van der Waals surface area contributed by atoms with Crippen LogP contribution in [0.3, 0.4) is 0 Å². The fourth-order valence-electron chi connectivity index (χ4n) is 3.48. The molecular weight excluding hydrogens is 499 g/mol. The van der Waals surface area contributed by atoms with Gasteiger partial charge >= 0.3 is 0 Å². The van der Waals surface area contributed by atoms with Crippen LogP contribution < -0.4 is 14.8 Å². The number of anilines is 1. The number of rotatable bonds is 14. The number of aromatic nitrogens is 1. The molecule has 0 fully saturated rings. The molecule has 0 aliphatic heterocycles. The molecule has 1 amide bonds. The number of nitrogens with zero attached hydrogens (tertiary/aromatic N) is 1. The number of carbonyl (C=O) groups is 1. The molecule has 36 heavy (non-hydrogen) atoms. The van der Waals surface area contributed by atoms with Crippen LogP contribution in [0, 0.1) is 0 Å². The fraction of sp³-hybridized carbons (Fsp3) is 0.385. The summed E-state index contributed by atoms with van der Waals surface area (Å²) in [5.74, 6) is 0.614. The number of hydrogen-bond acceptors (Lipinski definition) is 8. The Morgan fingerprint density at radius 2 is 1.94 bits per heavy atom. The minimum Gasteiger partial charge on any atom is -0.493 e. The highest BCUT2D eigenvalue weighted by Crippen LogP contribution is 2.46. The van der Waals surface area contributed by atoms with Gasteiger partial charge in [0, 0.05) is 43.1 Å². The zero-order valence-corrected chi connectivity index (χ0v) is 22.5. The van der Waals surface area contributed by atoms with Crippen molar-refractivity contribution in [2.24, 2.45) is 0 Å². The van der Waals surface area contributed by atoms with Gasteiger partial charge in [-0.3, -0.25) is 14.7 Å². The Hall–Kier alpha value is -2.71. The zero-order valence-electron chi connectivity index (χ0n) is 20.8. The topological polar surface area (TPSA) is 107 Å². The molecule has 3 aromatic rings. The SMILES string of the molecule is CCOP(C)(=O)Cc1csc(NC(=O)c2cc(OCCc3ccccc3)cc(O[C@@H](C)CCO)c2)n1. The normalized spacial score (nSPS) is 13.6. The highest BCUT2D eigenvalue weighted by molar-refractivity contribution is 7.57. The summed E-state index contributed by atoms with van der Waals surface area (Å²) in [6, 6.07) is 15.0. The number of aliphatic hydroxyl groups is 1. The van der Waals surface area contributed by atoms with Gasteiger partial charge in [-0.25, -0.2) is 4.98 Å². The van der Waals surface area contributed by atoms with Crippen molar-refractivity contribution in [3.05, 3.63) is 70.7 Å². The predicted octanol–water partition coefficient (Wildman–Crippen LogP) is 5.61. The summed E-state index contributed by atoms with van der Waals surface area (Å²) in [4.78, 5) is 17.4. The number of nitrogens with one attached hydrogen (secondary N) is 1. The molecule has 8 nitrogen and oxygen atoms in total. The van der Waals surface area contributed by atoms with E-state index < -0.39 is 7.37 Å². The molecule has 10 heteroatoms. The lowest BCUT2D eigenvalue weighted by atomic mass is 10.1. The van der Waals surface area contributed by atoms with Crippen molar-refractivity contribution < 1.29 is 28.5 Å². The number of aliphatic hydroxyl groups excluding tert-OH is 1. The smallest absolute Gasteiger partial charge is 0.257 e. The summed E-state index contributed by atoms with van der Waals surface area (Å²) in [6.07, 6.45) is 1.16. The summed E-state index contributed by atoms with van der Waals surface area (Å²) in [5, 5.41) is 14.2. The maximum atomic E-state index is 13.0. The number of ether oxygens (including phenoxy) is 2. The summed E-state index contributed by atoms with van der Waals surface area (Å²) in [7, 11) is -2.78. The second kappa shape index (κ2) is 13.6. The molecule has 0 saturated carbocycles. The van der Waals surface area contributed by atoms with Crippen LogP contribution in [0.15, 0.2) is 53.9 Å². The number of amides is 1. The van der Waals surface area contributed by atoms with E-state index in [1.54, 1.807) is 37.2 Å². The van der Waals surface area contributed by atoms with E-state index >= 15 is 0 Å². The second-order valence-electron chi connectivity index (χ2n) is 8.41. The third-order valence-electron chi connectivity index (χ3n) is 5.14. The Kier molecular flexibility index (Phi) is 10.5. The maximum absolute atomic E-state index is 13.0. The first kappa shape index (κ1) is 27.9. The third kappa shape index (κ3) is 9.06. The minimum atomic E-state index is -2.78. The minimum absolute atomic E-state index is 0.00213. The van der Waals surface area contributed by atoms with Gasteiger partial charge in [-0.2, -0.15) is 0 Å². The summed E-state index contributed by atoms with van der Waals surface area (Å²) in [5.41, 5.74) is 2.11. The van der Waals surface area contributed by atoms with E-state index in [0.29, 0.717) is 47.5 Å². The van der Waals surface area contributed by atoms with E-state index in [0.717, 1.165) is 12.0 Å². The first-order valence-corrected chi connectivity index (χ1v) is 15.0. The first-order chi connectivity index (χ1) is 17.3. The summed E-state index contributed by atoms with van der Waals surface area (Å²) >= 11 is 1.26. The van der Waals surface area contributed by atoms with Gasteiger partial charge in [-0.1, -0.05) is 30.3 Å².